The fourth-order valence-electron chi connectivity index (χ4n) is 1.37. The Morgan fingerprint density at radius 1 is 1.50 bits per heavy atom. The van der Waals surface area contributed by atoms with Crippen LogP contribution < -0.4 is 0 Å². The van der Waals surface area contributed by atoms with Gasteiger partial charge in [0.25, 0.3) is 0 Å². The molecule has 1 aliphatic rings. The van der Waals surface area contributed by atoms with Gasteiger partial charge >= 0.3 is 12.4 Å². The minimum Gasteiger partial charge on any atom is -0.469 e. The summed E-state index contributed by atoms with van der Waals surface area (Å²) in [7, 11) is 1.39. The number of piperidine rings is 1. The van der Waals surface area contributed by atoms with Gasteiger partial charge in [0, 0.05) is 13.1 Å². The van der Waals surface area contributed by atoms with Crippen LogP contribution in [0.3, 0.4) is 0 Å². The van der Waals surface area contributed by atoms with Crippen LogP contribution in [-0.2, 0) is 14.3 Å². The second-order valence-electron chi connectivity index (χ2n) is 2.88. The molecule has 1 aliphatic heterocycles. The highest BCUT2D eigenvalue weighted by Crippen LogP contribution is 2.16. The van der Waals surface area contributed by atoms with E-state index in [-0.39, 0.29) is 11.9 Å². The van der Waals surface area contributed by atoms with Crippen LogP contribution in [0.15, 0.2) is 0 Å². The summed E-state index contributed by atoms with van der Waals surface area (Å²) in [4.78, 5) is 22.8. The van der Waals surface area contributed by atoms with Crippen LogP contribution in [0, 0.1) is 5.92 Å². The molecule has 1 saturated heterocycles. The van der Waals surface area contributed by atoms with Gasteiger partial charge in [-0.3, -0.25) is 9.59 Å². The fraction of sp³-hybridized carbons (Fsp3) is 0.750. The van der Waals surface area contributed by atoms with Crippen LogP contribution in [0.4, 0.5) is 0 Å². The summed E-state index contributed by atoms with van der Waals surface area (Å²) in [6.07, 6.45) is 3.21. The minimum absolute atomic E-state index is 0.0281. The van der Waals surface area contributed by atoms with E-state index in [9.17, 15) is 9.59 Å². The van der Waals surface area contributed by atoms with E-state index in [4.69, 9.17) is 0 Å². The molecule has 12 heavy (non-hydrogen) atoms. The highest BCUT2D eigenvalue weighted by atomic mass is 16.5. The van der Waals surface area contributed by atoms with Crippen LogP contribution >= 0.6 is 0 Å². The van der Waals surface area contributed by atoms with Crippen molar-refractivity contribution >= 4 is 12.4 Å². The normalized spacial score (nSPS) is 18.9. The predicted octanol–water partition coefficient (Wildman–Crippen LogP) is -0.0614. The van der Waals surface area contributed by atoms with Crippen LogP contribution in [0.25, 0.3) is 0 Å². The number of carbonyl (C=O) groups is 1. The molecule has 0 spiro atoms. The summed E-state index contributed by atoms with van der Waals surface area (Å²) in [5, 5.41) is 0. The average molecular weight is 170 g/mol. The Morgan fingerprint density at radius 3 is 2.50 bits per heavy atom. The van der Waals surface area contributed by atoms with Crippen LogP contribution in [0.2, 0.25) is 0 Å². The van der Waals surface area contributed by atoms with Crippen molar-refractivity contribution in [2.24, 2.45) is 5.92 Å². The maximum atomic E-state index is 11.0. The Balaban J connectivity index is 2.35. The minimum atomic E-state index is -0.166. The van der Waals surface area contributed by atoms with E-state index >= 15 is 0 Å². The molecule has 0 N–H and O–H groups in total. The predicted molar refractivity (Wildman–Crippen MR) is 42.0 cm³/mol. The lowest BCUT2D eigenvalue weighted by atomic mass is 9.97. The topological polar surface area (TPSA) is 46.6 Å². The van der Waals surface area contributed by atoms with Crippen LogP contribution in [-0.4, -0.2) is 37.5 Å². The molecular formula is C8H12NO3. The number of nitrogens with zero attached hydrogens (tertiary/aromatic N) is 1. The fourth-order valence-corrected chi connectivity index (χ4v) is 1.37. The molecule has 1 amide bonds. The van der Waals surface area contributed by atoms with Gasteiger partial charge < -0.3 is 9.64 Å². The quantitative estimate of drug-likeness (QED) is 0.545. The molecule has 1 radical (unpaired) electrons. The molecule has 0 aromatic carbocycles. The summed E-state index contributed by atoms with van der Waals surface area (Å²) in [5.41, 5.74) is 0. The Hall–Kier alpha value is -1.06. The number of rotatable bonds is 2. The highest BCUT2D eigenvalue weighted by Gasteiger charge is 2.24. The molecule has 4 nitrogen and oxygen atoms in total. The maximum absolute atomic E-state index is 11.0. The third-order valence-corrected chi connectivity index (χ3v) is 2.16. The Morgan fingerprint density at radius 2 is 2.08 bits per heavy atom. The van der Waals surface area contributed by atoms with E-state index in [1.165, 1.54) is 7.11 Å². The molecular weight excluding hydrogens is 158 g/mol. The highest BCUT2D eigenvalue weighted by molar-refractivity contribution is 5.72. The van der Waals surface area contributed by atoms with E-state index in [0.717, 1.165) is 0 Å². The zero-order valence-electron chi connectivity index (χ0n) is 7.08. The van der Waals surface area contributed by atoms with Crippen molar-refractivity contribution in [2.45, 2.75) is 12.8 Å². The summed E-state index contributed by atoms with van der Waals surface area (Å²) in [6, 6.07) is 0. The summed E-state index contributed by atoms with van der Waals surface area (Å²) in [6.45, 7) is 1.23. The van der Waals surface area contributed by atoms with E-state index < -0.39 is 0 Å². The number of hydrogen-bond acceptors (Lipinski definition) is 3. The summed E-state index contributed by atoms with van der Waals surface area (Å²) >= 11 is 0. The first-order valence-electron chi connectivity index (χ1n) is 3.98. The lowest BCUT2D eigenvalue weighted by Gasteiger charge is -2.26. The molecule has 0 bridgehead atoms. The van der Waals surface area contributed by atoms with E-state index in [1.807, 2.05) is 6.41 Å². The number of carbonyl (C=O) groups excluding carboxylic acids is 2. The molecule has 67 valence electrons. The average Bonchev–Trinajstić information content (AvgIpc) is 2.17. The second-order valence-corrected chi connectivity index (χ2v) is 2.88. The zero-order valence-corrected chi connectivity index (χ0v) is 7.08. The molecule has 0 aliphatic carbocycles. The standard InChI is InChI=1S/C8H12NO3/c1-12-8(11)7-2-4-9(6-10)5-3-7/h7H,2-5H2,1H3. The summed E-state index contributed by atoms with van der Waals surface area (Å²) < 4.78 is 4.60. The van der Waals surface area contributed by atoms with E-state index in [0.29, 0.717) is 25.9 Å². The first-order chi connectivity index (χ1) is 5.77. The molecule has 0 aromatic rings. The number of hydrogen-bond donors (Lipinski definition) is 0. The number of esters is 1. The lowest BCUT2D eigenvalue weighted by molar-refractivity contribution is -0.146. The van der Waals surface area contributed by atoms with Gasteiger partial charge in [-0.05, 0) is 12.8 Å². The molecule has 1 fully saturated rings. The van der Waals surface area contributed by atoms with Gasteiger partial charge in [0.1, 0.15) is 0 Å². The molecule has 4 heteroatoms. The van der Waals surface area contributed by atoms with Gasteiger partial charge in [0.15, 0.2) is 0 Å². The number of likely N-dealkylation sites (tertiary alicyclic amines) is 1. The van der Waals surface area contributed by atoms with Gasteiger partial charge in [-0.25, -0.2) is 0 Å². The van der Waals surface area contributed by atoms with Crippen molar-refractivity contribution in [3.63, 3.8) is 0 Å². The number of amides is 1. The van der Waals surface area contributed by atoms with Gasteiger partial charge in [-0.15, -0.1) is 0 Å². The zero-order chi connectivity index (χ0) is 8.97. The van der Waals surface area contributed by atoms with Crippen LogP contribution in [0.5, 0.6) is 0 Å². The van der Waals surface area contributed by atoms with Gasteiger partial charge in [-0.1, -0.05) is 0 Å². The molecule has 0 unspecified atom stereocenters. The largest absolute Gasteiger partial charge is 0.469 e. The van der Waals surface area contributed by atoms with E-state index in [2.05, 4.69) is 4.74 Å². The first-order valence-corrected chi connectivity index (χ1v) is 3.98. The number of ether oxygens (including phenoxy) is 1. The van der Waals surface area contributed by atoms with Crippen molar-refractivity contribution in [3.05, 3.63) is 0 Å². The van der Waals surface area contributed by atoms with Crippen molar-refractivity contribution in [1.29, 1.82) is 0 Å². The molecule has 0 atom stereocenters. The van der Waals surface area contributed by atoms with Crippen molar-refractivity contribution in [3.8, 4) is 0 Å². The third-order valence-electron chi connectivity index (χ3n) is 2.16. The molecule has 0 aromatic heterocycles. The smallest absolute Gasteiger partial charge is 0.312 e. The Labute approximate surface area is 71.5 Å². The maximum Gasteiger partial charge on any atom is 0.312 e. The van der Waals surface area contributed by atoms with Crippen molar-refractivity contribution < 1.29 is 14.3 Å². The SMILES string of the molecule is COC(=O)C1CCN([C]=O)CC1. The Kier molecular flexibility index (Phi) is 3.08. The van der Waals surface area contributed by atoms with E-state index in [1.54, 1.807) is 4.90 Å². The third kappa shape index (κ3) is 1.96. The van der Waals surface area contributed by atoms with Crippen molar-refractivity contribution in [1.82, 2.24) is 4.90 Å². The van der Waals surface area contributed by atoms with Crippen molar-refractivity contribution in [2.75, 3.05) is 20.2 Å². The van der Waals surface area contributed by atoms with Gasteiger partial charge in [0.05, 0.1) is 13.0 Å². The monoisotopic (exact) mass is 170 g/mol. The van der Waals surface area contributed by atoms with Gasteiger partial charge in [-0.2, -0.15) is 0 Å². The molecule has 0 saturated carbocycles. The second kappa shape index (κ2) is 4.09. The number of methoxy groups -OCH3 is 1. The van der Waals surface area contributed by atoms with Gasteiger partial charge in [0.2, 0.25) is 0 Å². The molecule has 1 rings (SSSR count). The summed E-state index contributed by atoms with van der Waals surface area (Å²) in [5.74, 6) is -0.194. The first kappa shape index (κ1) is 9.03. The lowest BCUT2D eigenvalue weighted by Crippen LogP contribution is -2.35. The van der Waals surface area contributed by atoms with Crippen LogP contribution in [0.1, 0.15) is 12.8 Å². The Bertz CT molecular complexity index is 173. The molecule has 1 heterocycles.